The highest BCUT2D eigenvalue weighted by molar-refractivity contribution is 5.69. The predicted octanol–water partition coefficient (Wildman–Crippen LogP) is 3.93. The molecule has 0 aromatic carbocycles. The maximum absolute atomic E-state index is 11.7. The minimum atomic E-state index is -0.0969. The summed E-state index contributed by atoms with van der Waals surface area (Å²) >= 11 is 0. The van der Waals surface area contributed by atoms with Crippen molar-refractivity contribution in [2.24, 2.45) is 17.8 Å². The molecule has 4 nitrogen and oxygen atoms in total. The lowest BCUT2D eigenvalue weighted by Gasteiger charge is -2.17. The lowest BCUT2D eigenvalue weighted by atomic mass is 9.89. The van der Waals surface area contributed by atoms with Gasteiger partial charge in [-0.3, -0.25) is 4.79 Å². The fraction of sp³-hybridized carbons (Fsp3) is 0.944. The molecule has 4 atom stereocenters. The van der Waals surface area contributed by atoms with E-state index in [-0.39, 0.29) is 12.1 Å². The van der Waals surface area contributed by atoms with Crippen molar-refractivity contribution in [1.82, 2.24) is 0 Å². The van der Waals surface area contributed by atoms with Gasteiger partial charge in [0.05, 0.1) is 6.61 Å². The largest absolute Gasteiger partial charge is 0.463 e. The van der Waals surface area contributed by atoms with Crippen molar-refractivity contribution < 1.29 is 19.0 Å². The van der Waals surface area contributed by atoms with Gasteiger partial charge in [-0.05, 0) is 37.0 Å². The third-order valence-corrected chi connectivity index (χ3v) is 5.37. The third-order valence-electron chi connectivity index (χ3n) is 5.37. The number of hydrogen-bond acceptors (Lipinski definition) is 4. The highest BCUT2D eigenvalue weighted by atomic mass is 16.7. The van der Waals surface area contributed by atoms with Crippen LogP contribution in [0.1, 0.15) is 65.2 Å². The van der Waals surface area contributed by atoms with E-state index in [0.717, 1.165) is 30.6 Å². The van der Waals surface area contributed by atoms with Crippen molar-refractivity contribution in [3.8, 4) is 0 Å². The summed E-state index contributed by atoms with van der Waals surface area (Å²) in [5.74, 6) is 2.64. The number of carbonyl (C=O) groups excluding carboxylic acids is 1. The van der Waals surface area contributed by atoms with Crippen LogP contribution in [0.15, 0.2) is 0 Å². The van der Waals surface area contributed by atoms with Crippen molar-refractivity contribution >= 4 is 5.97 Å². The lowest BCUT2D eigenvalue weighted by molar-refractivity contribution is -0.146. The number of esters is 1. The van der Waals surface area contributed by atoms with Crippen LogP contribution in [0.2, 0.25) is 0 Å². The van der Waals surface area contributed by atoms with E-state index in [1.165, 1.54) is 32.1 Å². The Morgan fingerprint density at radius 1 is 1.14 bits per heavy atom. The van der Waals surface area contributed by atoms with Crippen molar-refractivity contribution in [1.29, 1.82) is 0 Å². The van der Waals surface area contributed by atoms with Crippen molar-refractivity contribution in [2.75, 3.05) is 20.0 Å². The highest BCUT2D eigenvalue weighted by Gasteiger charge is 2.31. The molecule has 0 aromatic rings. The molecule has 2 aliphatic rings. The monoisotopic (exact) mass is 312 g/mol. The van der Waals surface area contributed by atoms with E-state index >= 15 is 0 Å². The topological polar surface area (TPSA) is 44.8 Å². The van der Waals surface area contributed by atoms with Gasteiger partial charge in [-0.15, -0.1) is 0 Å². The van der Waals surface area contributed by atoms with E-state index in [4.69, 9.17) is 14.2 Å². The molecule has 1 aliphatic heterocycles. The van der Waals surface area contributed by atoms with Crippen molar-refractivity contribution in [3.05, 3.63) is 0 Å². The average molecular weight is 312 g/mol. The van der Waals surface area contributed by atoms with Gasteiger partial charge in [0.15, 0.2) is 0 Å². The Labute approximate surface area is 134 Å². The molecule has 4 unspecified atom stereocenters. The molecular formula is C18H32O4. The van der Waals surface area contributed by atoms with Crippen LogP contribution >= 0.6 is 0 Å². The average Bonchev–Trinajstić information content (AvgIpc) is 3.18. The number of hydrogen-bond donors (Lipinski definition) is 0. The zero-order chi connectivity index (χ0) is 15.8. The van der Waals surface area contributed by atoms with Crippen LogP contribution in [0.25, 0.3) is 0 Å². The molecule has 1 aliphatic carbocycles. The molecule has 0 N–H and O–H groups in total. The summed E-state index contributed by atoms with van der Waals surface area (Å²) in [6, 6.07) is 0. The summed E-state index contributed by atoms with van der Waals surface area (Å²) in [5.41, 5.74) is 0. The summed E-state index contributed by atoms with van der Waals surface area (Å²) in [4.78, 5) is 11.7. The van der Waals surface area contributed by atoms with Gasteiger partial charge in [0, 0.05) is 6.42 Å². The van der Waals surface area contributed by atoms with E-state index in [1.807, 2.05) is 0 Å². The maximum Gasteiger partial charge on any atom is 0.305 e. The Morgan fingerprint density at radius 2 is 1.95 bits per heavy atom. The molecule has 4 heteroatoms. The van der Waals surface area contributed by atoms with Gasteiger partial charge in [-0.25, -0.2) is 0 Å². The lowest BCUT2D eigenvalue weighted by Crippen LogP contribution is -2.20. The first-order chi connectivity index (χ1) is 10.7. The van der Waals surface area contributed by atoms with Gasteiger partial charge < -0.3 is 14.2 Å². The fourth-order valence-corrected chi connectivity index (χ4v) is 3.93. The summed E-state index contributed by atoms with van der Waals surface area (Å²) in [5, 5.41) is 0. The molecule has 128 valence electrons. The first kappa shape index (κ1) is 17.7. The number of ether oxygens (including phenoxy) is 3. The first-order valence-corrected chi connectivity index (χ1v) is 9.07. The Balaban J connectivity index is 1.53. The maximum atomic E-state index is 11.7. The van der Waals surface area contributed by atoms with Crippen LogP contribution in [0.3, 0.4) is 0 Å². The third kappa shape index (κ3) is 5.54. The zero-order valence-corrected chi connectivity index (χ0v) is 14.2. The van der Waals surface area contributed by atoms with Gasteiger partial charge in [0.1, 0.15) is 19.5 Å². The molecule has 2 rings (SSSR count). The van der Waals surface area contributed by atoms with E-state index in [9.17, 15) is 4.79 Å². The smallest absolute Gasteiger partial charge is 0.305 e. The fourth-order valence-electron chi connectivity index (χ4n) is 3.93. The van der Waals surface area contributed by atoms with Gasteiger partial charge >= 0.3 is 5.97 Å². The van der Waals surface area contributed by atoms with Crippen LogP contribution < -0.4 is 0 Å². The summed E-state index contributed by atoms with van der Waals surface area (Å²) in [6.07, 6.45) is 9.30. The molecule has 0 amide bonds. The summed E-state index contributed by atoms with van der Waals surface area (Å²) in [6.45, 7) is 5.82. The minimum Gasteiger partial charge on any atom is -0.463 e. The molecule has 0 radical (unpaired) electrons. The molecule has 22 heavy (non-hydrogen) atoms. The Kier molecular flexibility index (Phi) is 7.67. The number of carbonyl (C=O) groups is 1. The van der Waals surface area contributed by atoms with Gasteiger partial charge in [-0.1, -0.05) is 39.5 Å². The van der Waals surface area contributed by atoms with Gasteiger partial charge in [0.2, 0.25) is 0 Å². The predicted molar refractivity (Wildman–Crippen MR) is 85.4 cm³/mol. The van der Waals surface area contributed by atoms with Gasteiger partial charge in [-0.2, -0.15) is 0 Å². The summed E-state index contributed by atoms with van der Waals surface area (Å²) < 4.78 is 15.5. The second kappa shape index (κ2) is 9.51. The van der Waals surface area contributed by atoms with E-state index in [2.05, 4.69) is 13.8 Å². The first-order valence-electron chi connectivity index (χ1n) is 9.07. The molecule has 2 fully saturated rings. The normalized spacial score (nSPS) is 31.5. The Morgan fingerprint density at radius 3 is 2.64 bits per heavy atom. The van der Waals surface area contributed by atoms with E-state index in [0.29, 0.717) is 26.4 Å². The standard InChI is InChI=1S/C18H32O4/c1-3-14-9-15(4-2)16(10-14)7-5-6-8-18(19)21-12-17-11-20-13-22-17/h14-17H,3-13H2,1-2H3. The van der Waals surface area contributed by atoms with E-state index < -0.39 is 0 Å². The Hall–Kier alpha value is -0.610. The van der Waals surface area contributed by atoms with Crippen LogP contribution in [-0.4, -0.2) is 32.1 Å². The van der Waals surface area contributed by atoms with Gasteiger partial charge in [0.25, 0.3) is 0 Å². The van der Waals surface area contributed by atoms with Crippen LogP contribution in [0, 0.1) is 17.8 Å². The number of rotatable bonds is 9. The van der Waals surface area contributed by atoms with Crippen molar-refractivity contribution in [3.63, 3.8) is 0 Å². The molecule has 1 saturated heterocycles. The minimum absolute atomic E-state index is 0.0706. The zero-order valence-electron chi connectivity index (χ0n) is 14.2. The van der Waals surface area contributed by atoms with Crippen LogP contribution in [-0.2, 0) is 19.0 Å². The number of unbranched alkanes of at least 4 members (excludes halogenated alkanes) is 1. The second-order valence-electron chi connectivity index (χ2n) is 6.88. The molecule has 0 bridgehead atoms. The molecule has 0 aromatic heterocycles. The highest BCUT2D eigenvalue weighted by Crippen LogP contribution is 2.42. The van der Waals surface area contributed by atoms with Crippen LogP contribution in [0.4, 0.5) is 0 Å². The molecule has 1 heterocycles. The van der Waals surface area contributed by atoms with Crippen molar-refractivity contribution in [2.45, 2.75) is 71.3 Å². The SMILES string of the molecule is CCC1CC(CC)C(CCCCC(=O)OCC2COCO2)C1. The Bertz CT molecular complexity index is 325. The van der Waals surface area contributed by atoms with Crippen LogP contribution in [0.5, 0.6) is 0 Å². The molecule has 1 saturated carbocycles. The molecular weight excluding hydrogens is 280 g/mol. The summed E-state index contributed by atoms with van der Waals surface area (Å²) in [7, 11) is 0. The van der Waals surface area contributed by atoms with E-state index in [1.54, 1.807) is 0 Å². The quantitative estimate of drug-likeness (QED) is 0.478. The molecule has 0 spiro atoms. The second-order valence-corrected chi connectivity index (χ2v) is 6.88.